The molecule has 1 aromatic carbocycles. The summed E-state index contributed by atoms with van der Waals surface area (Å²) in [5.41, 5.74) is 1.12. The van der Waals surface area contributed by atoms with Crippen LogP contribution in [-0.4, -0.2) is 18.8 Å². The first-order valence-electron chi connectivity index (χ1n) is 4.26. The van der Waals surface area contributed by atoms with Crippen LogP contribution in [0.1, 0.15) is 11.7 Å². The van der Waals surface area contributed by atoms with Crippen LogP contribution in [0, 0.1) is 0 Å². The molecule has 0 saturated carbocycles. The molecule has 0 aliphatic carbocycles. The van der Waals surface area contributed by atoms with Crippen molar-refractivity contribution in [3.05, 3.63) is 35.9 Å². The van der Waals surface area contributed by atoms with E-state index in [1.165, 1.54) is 0 Å². The lowest BCUT2D eigenvalue weighted by Crippen LogP contribution is -2.28. The summed E-state index contributed by atoms with van der Waals surface area (Å²) in [6, 6.07) is 9.98. The van der Waals surface area contributed by atoms with Crippen LogP contribution in [0.2, 0.25) is 0 Å². The van der Waals surface area contributed by atoms with Gasteiger partial charge in [0, 0.05) is 0 Å². The van der Waals surface area contributed by atoms with Gasteiger partial charge in [-0.05, 0) is 5.56 Å². The van der Waals surface area contributed by atoms with Gasteiger partial charge in [0.15, 0.2) is 0 Å². The molecule has 1 fully saturated rings. The van der Waals surface area contributed by atoms with E-state index >= 15 is 0 Å². The van der Waals surface area contributed by atoms with Crippen molar-refractivity contribution in [2.24, 2.45) is 0 Å². The predicted molar refractivity (Wildman–Crippen MR) is 50.7 cm³/mol. The standard InChI is InChI=1S/C10H11ClO2/c11-9-6-12-7-13-10(9)8-4-2-1-3-5-8/h1-5,9-10H,6-7H2/t9-,10-/m1/s1. The van der Waals surface area contributed by atoms with Crippen LogP contribution >= 0.6 is 11.6 Å². The lowest BCUT2D eigenvalue weighted by Gasteiger charge is -2.27. The Bertz CT molecular complexity index is 263. The lowest BCUT2D eigenvalue weighted by molar-refractivity contribution is -0.138. The summed E-state index contributed by atoms with van der Waals surface area (Å²) < 4.78 is 10.5. The minimum Gasteiger partial charge on any atom is -0.354 e. The fourth-order valence-electron chi connectivity index (χ4n) is 1.42. The Kier molecular flexibility index (Phi) is 2.83. The fourth-order valence-corrected chi connectivity index (χ4v) is 1.73. The first kappa shape index (κ1) is 9.00. The number of benzene rings is 1. The topological polar surface area (TPSA) is 18.5 Å². The quantitative estimate of drug-likeness (QED) is 0.645. The average Bonchev–Trinajstić information content (AvgIpc) is 2.20. The van der Waals surface area contributed by atoms with Crippen LogP contribution in [0.25, 0.3) is 0 Å². The Labute approximate surface area is 82.4 Å². The number of rotatable bonds is 1. The molecular formula is C10H11ClO2. The maximum Gasteiger partial charge on any atom is 0.147 e. The van der Waals surface area contributed by atoms with Gasteiger partial charge in [-0.15, -0.1) is 11.6 Å². The highest BCUT2D eigenvalue weighted by molar-refractivity contribution is 6.21. The molecule has 0 bridgehead atoms. The van der Waals surface area contributed by atoms with Gasteiger partial charge in [-0.2, -0.15) is 0 Å². The highest BCUT2D eigenvalue weighted by Gasteiger charge is 2.25. The molecule has 0 amide bonds. The van der Waals surface area contributed by atoms with Gasteiger partial charge in [0.25, 0.3) is 0 Å². The van der Waals surface area contributed by atoms with Crippen LogP contribution < -0.4 is 0 Å². The number of halogens is 1. The van der Waals surface area contributed by atoms with Crippen molar-refractivity contribution < 1.29 is 9.47 Å². The third-order valence-corrected chi connectivity index (χ3v) is 2.42. The molecule has 2 atom stereocenters. The zero-order valence-electron chi connectivity index (χ0n) is 7.15. The Morgan fingerprint density at radius 2 is 2.00 bits per heavy atom. The molecule has 70 valence electrons. The Balaban J connectivity index is 2.15. The highest BCUT2D eigenvalue weighted by atomic mass is 35.5. The van der Waals surface area contributed by atoms with Crippen molar-refractivity contribution in [2.45, 2.75) is 11.5 Å². The summed E-state index contributed by atoms with van der Waals surface area (Å²) in [6.07, 6.45) is -0.0309. The van der Waals surface area contributed by atoms with Gasteiger partial charge in [0.2, 0.25) is 0 Å². The van der Waals surface area contributed by atoms with E-state index in [2.05, 4.69) is 0 Å². The van der Waals surface area contributed by atoms with E-state index in [1.54, 1.807) is 0 Å². The van der Waals surface area contributed by atoms with Crippen LogP contribution in [-0.2, 0) is 9.47 Å². The van der Waals surface area contributed by atoms with Gasteiger partial charge in [-0.25, -0.2) is 0 Å². The second-order valence-electron chi connectivity index (χ2n) is 3.00. The van der Waals surface area contributed by atoms with Crippen LogP contribution in [0.5, 0.6) is 0 Å². The van der Waals surface area contributed by atoms with E-state index in [-0.39, 0.29) is 11.5 Å². The maximum absolute atomic E-state index is 6.07. The lowest BCUT2D eigenvalue weighted by atomic mass is 10.1. The summed E-state index contributed by atoms with van der Waals surface area (Å²) >= 11 is 6.07. The summed E-state index contributed by atoms with van der Waals surface area (Å²) in [6.45, 7) is 0.893. The molecule has 1 saturated heterocycles. The van der Waals surface area contributed by atoms with Crippen molar-refractivity contribution in [3.63, 3.8) is 0 Å². The Hall–Kier alpha value is -0.570. The van der Waals surface area contributed by atoms with Crippen molar-refractivity contribution >= 4 is 11.6 Å². The summed E-state index contributed by atoms with van der Waals surface area (Å²) in [5, 5.41) is -0.0869. The van der Waals surface area contributed by atoms with E-state index in [1.807, 2.05) is 30.3 Å². The smallest absolute Gasteiger partial charge is 0.147 e. The second kappa shape index (κ2) is 4.09. The minimum atomic E-state index is -0.0869. The van der Waals surface area contributed by atoms with Gasteiger partial charge in [0.05, 0.1) is 12.0 Å². The molecule has 3 heteroatoms. The molecular weight excluding hydrogens is 188 g/mol. The molecule has 2 nitrogen and oxygen atoms in total. The predicted octanol–water partition coefficient (Wildman–Crippen LogP) is 2.34. The van der Waals surface area contributed by atoms with Crippen LogP contribution in [0.3, 0.4) is 0 Å². The van der Waals surface area contributed by atoms with Gasteiger partial charge in [-0.1, -0.05) is 30.3 Å². The summed E-state index contributed by atoms with van der Waals surface area (Å²) in [5.74, 6) is 0. The first-order valence-corrected chi connectivity index (χ1v) is 4.70. The Morgan fingerprint density at radius 3 is 2.69 bits per heavy atom. The first-order chi connectivity index (χ1) is 6.38. The average molecular weight is 199 g/mol. The van der Waals surface area contributed by atoms with Crippen LogP contribution in [0.15, 0.2) is 30.3 Å². The number of hydrogen-bond donors (Lipinski definition) is 0. The SMILES string of the molecule is Cl[C@@H]1COCO[C@@H]1c1ccccc1. The summed E-state index contributed by atoms with van der Waals surface area (Å²) in [7, 11) is 0. The molecule has 2 rings (SSSR count). The third-order valence-electron chi connectivity index (χ3n) is 2.06. The van der Waals surface area contributed by atoms with Gasteiger partial charge in [0.1, 0.15) is 12.9 Å². The molecule has 1 aromatic rings. The Morgan fingerprint density at radius 1 is 1.23 bits per heavy atom. The van der Waals surface area contributed by atoms with E-state index < -0.39 is 0 Å². The highest BCUT2D eigenvalue weighted by Crippen LogP contribution is 2.28. The van der Waals surface area contributed by atoms with E-state index in [0.29, 0.717) is 13.4 Å². The molecule has 0 unspecified atom stereocenters. The van der Waals surface area contributed by atoms with Crippen LogP contribution in [0.4, 0.5) is 0 Å². The summed E-state index contributed by atoms with van der Waals surface area (Å²) in [4.78, 5) is 0. The van der Waals surface area contributed by atoms with Crippen molar-refractivity contribution in [3.8, 4) is 0 Å². The fraction of sp³-hybridized carbons (Fsp3) is 0.400. The van der Waals surface area contributed by atoms with E-state index in [9.17, 15) is 0 Å². The molecule has 0 aromatic heterocycles. The molecule has 13 heavy (non-hydrogen) atoms. The third kappa shape index (κ3) is 2.02. The molecule has 1 heterocycles. The zero-order valence-corrected chi connectivity index (χ0v) is 7.91. The second-order valence-corrected chi connectivity index (χ2v) is 3.56. The monoisotopic (exact) mass is 198 g/mol. The zero-order chi connectivity index (χ0) is 9.10. The number of hydrogen-bond acceptors (Lipinski definition) is 2. The van der Waals surface area contributed by atoms with E-state index in [0.717, 1.165) is 5.56 Å². The number of ether oxygens (including phenoxy) is 2. The van der Waals surface area contributed by atoms with Crippen molar-refractivity contribution in [1.82, 2.24) is 0 Å². The molecule has 0 spiro atoms. The molecule has 0 radical (unpaired) electrons. The largest absolute Gasteiger partial charge is 0.354 e. The minimum absolute atomic E-state index is 0.0309. The maximum atomic E-state index is 6.07. The number of alkyl halides is 1. The van der Waals surface area contributed by atoms with Crippen molar-refractivity contribution in [2.75, 3.05) is 13.4 Å². The molecule has 1 aliphatic heterocycles. The van der Waals surface area contributed by atoms with Gasteiger partial charge in [-0.3, -0.25) is 0 Å². The normalized spacial score (nSPS) is 28.7. The van der Waals surface area contributed by atoms with E-state index in [4.69, 9.17) is 21.1 Å². The van der Waals surface area contributed by atoms with Crippen molar-refractivity contribution in [1.29, 1.82) is 0 Å². The molecule has 0 N–H and O–H groups in total. The van der Waals surface area contributed by atoms with Gasteiger partial charge >= 0.3 is 0 Å². The van der Waals surface area contributed by atoms with Gasteiger partial charge < -0.3 is 9.47 Å². The molecule has 1 aliphatic rings.